The third-order valence-corrected chi connectivity index (χ3v) is 5.08. The summed E-state index contributed by atoms with van der Waals surface area (Å²) in [7, 11) is 3.17. The molecular formula is C22H22ClNO4. The number of carbonyl (C=O) groups excluding carboxylic acids is 1. The van der Waals surface area contributed by atoms with Crippen LogP contribution in [0, 0.1) is 6.92 Å². The number of rotatable bonds is 7. The van der Waals surface area contributed by atoms with Crippen LogP contribution < -0.4 is 9.47 Å². The molecule has 146 valence electrons. The fourth-order valence-corrected chi connectivity index (χ4v) is 3.22. The number of pyridine rings is 1. The van der Waals surface area contributed by atoms with Crippen LogP contribution in [0.5, 0.6) is 11.5 Å². The van der Waals surface area contributed by atoms with Crippen LogP contribution in [0.3, 0.4) is 0 Å². The Morgan fingerprint density at radius 3 is 2.57 bits per heavy atom. The summed E-state index contributed by atoms with van der Waals surface area (Å²) < 4.78 is 15.9. The number of fused-ring (bicyclic) bond motifs is 1. The third-order valence-electron chi connectivity index (χ3n) is 4.58. The molecule has 0 aliphatic rings. The van der Waals surface area contributed by atoms with Crippen LogP contribution in [-0.2, 0) is 22.6 Å². The van der Waals surface area contributed by atoms with Crippen molar-refractivity contribution in [2.75, 3.05) is 14.2 Å². The summed E-state index contributed by atoms with van der Waals surface area (Å²) in [6.07, 6.45) is 0.788. The lowest BCUT2D eigenvalue weighted by Gasteiger charge is -2.11. The highest BCUT2D eigenvalue weighted by Gasteiger charge is 2.13. The fraction of sp³-hybridized carbons (Fsp3) is 0.273. The number of halogens is 1. The molecule has 0 saturated heterocycles. The molecule has 2 aromatic carbocycles. The molecule has 6 heteroatoms. The standard InChI is InChI=1S/C22H22ClNO4/c1-14-16-6-4-5-7-17(16)24-18(22(14)23)13-28-21(25)11-9-15-8-10-19(26-2)20(12-15)27-3/h4-8,10,12H,9,11,13H2,1-3H3. The van der Waals surface area contributed by atoms with E-state index in [0.29, 0.717) is 28.6 Å². The van der Waals surface area contributed by atoms with Gasteiger partial charge in [-0.25, -0.2) is 4.98 Å². The van der Waals surface area contributed by atoms with Crippen molar-refractivity contribution in [1.82, 2.24) is 4.98 Å². The zero-order valence-electron chi connectivity index (χ0n) is 16.1. The van der Waals surface area contributed by atoms with Crippen LogP contribution in [0.4, 0.5) is 0 Å². The number of aryl methyl sites for hydroxylation is 2. The van der Waals surface area contributed by atoms with Gasteiger partial charge in [0.1, 0.15) is 6.61 Å². The van der Waals surface area contributed by atoms with Gasteiger partial charge < -0.3 is 14.2 Å². The number of benzene rings is 2. The van der Waals surface area contributed by atoms with Crippen molar-refractivity contribution < 1.29 is 19.0 Å². The average Bonchev–Trinajstić information content (AvgIpc) is 2.73. The number of hydrogen-bond acceptors (Lipinski definition) is 5. The summed E-state index contributed by atoms with van der Waals surface area (Å²) in [6.45, 7) is 1.99. The maximum atomic E-state index is 12.2. The maximum absolute atomic E-state index is 12.2. The van der Waals surface area contributed by atoms with E-state index in [-0.39, 0.29) is 19.0 Å². The van der Waals surface area contributed by atoms with E-state index in [4.69, 9.17) is 25.8 Å². The van der Waals surface area contributed by atoms with Crippen molar-refractivity contribution in [2.45, 2.75) is 26.4 Å². The Balaban J connectivity index is 1.62. The lowest BCUT2D eigenvalue weighted by Crippen LogP contribution is -2.08. The van der Waals surface area contributed by atoms with Crippen LogP contribution in [0.2, 0.25) is 5.02 Å². The minimum Gasteiger partial charge on any atom is -0.493 e. The minimum absolute atomic E-state index is 0.0509. The lowest BCUT2D eigenvalue weighted by atomic mass is 10.1. The monoisotopic (exact) mass is 399 g/mol. The fourth-order valence-electron chi connectivity index (χ4n) is 3.02. The van der Waals surface area contributed by atoms with Crippen LogP contribution >= 0.6 is 11.6 Å². The van der Waals surface area contributed by atoms with E-state index in [1.54, 1.807) is 14.2 Å². The SMILES string of the molecule is COc1ccc(CCC(=O)OCc2nc3ccccc3c(C)c2Cl)cc1OC. The summed E-state index contributed by atoms with van der Waals surface area (Å²) in [4.78, 5) is 16.7. The Labute approximate surface area is 169 Å². The second-order valence-electron chi connectivity index (χ2n) is 6.36. The van der Waals surface area contributed by atoms with Crippen molar-refractivity contribution in [1.29, 1.82) is 0 Å². The van der Waals surface area contributed by atoms with Crippen LogP contribution in [0.15, 0.2) is 42.5 Å². The highest BCUT2D eigenvalue weighted by Crippen LogP contribution is 2.29. The molecule has 3 rings (SSSR count). The molecule has 0 saturated carbocycles. The van der Waals surface area contributed by atoms with E-state index in [9.17, 15) is 4.79 Å². The molecule has 0 fully saturated rings. The topological polar surface area (TPSA) is 57.7 Å². The molecule has 0 aliphatic carbocycles. The summed E-state index contributed by atoms with van der Waals surface area (Å²) in [5.41, 5.74) is 3.30. The van der Waals surface area contributed by atoms with Gasteiger partial charge in [-0.05, 0) is 42.7 Å². The second kappa shape index (κ2) is 8.93. The van der Waals surface area contributed by atoms with E-state index in [0.717, 1.165) is 22.0 Å². The Morgan fingerprint density at radius 1 is 1.07 bits per heavy atom. The molecule has 0 unspecified atom stereocenters. The van der Waals surface area contributed by atoms with Gasteiger partial charge >= 0.3 is 5.97 Å². The van der Waals surface area contributed by atoms with E-state index >= 15 is 0 Å². The molecule has 0 spiro atoms. The van der Waals surface area contributed by atoms with Gasteiger partial charge in [0.2, 0.25) is 0 Å². The van der Waals surface area contributed by atoms with Gasteiger partial charge in [0, 0.05) is 11.8 Å². The molecule has 28 heavy (non-hydrogen) atoms. The normalized spacial score (nSPS) is 10.7. The van der Waals surface area contributed by atoms with Crippen molar-refractivity contribution >= 4 is 28.5 Å². The molecular weight excluding hydrogens is 378 g/mol. The first kappa shape index (κ1) is 20.0. The Bertz CT molecular complexity index is 1000. The number of para-hydroxylation sites is 1. The Kier molecular flexibility index (Phi) is 6.37. The van der Waals surface area contributed by atoms with E-state index in [1.807, 2.05) is 49.4 Å². The number of ether oxygens (including phenoxy) is 3. The van der Waals surface area contributed by atoms with E-state index < -0.39 is 0 Å². The Morgan fingerprint density at radius 2 is 1.82 bits per heavy atom. The van der Waals surface area contributed by atoms with E-state index in [2.05, 4.69) is 4.98 Å². The highest BCUT2D eigenvalue weighted by molar-refractivity contribution is 6.32. The predicted molar refractivity (Wildman–Crippen MR) is 109 cm³/mol. The van der Waals surface area contributed by atoms with Gasteiger partial charge in [-0.1, -0.05) is 35.9 Å². The van der Waals surface area contributed by atoms with Gasteiger partial charge in [0.25, 0.3) is 0 Å². The first-order valence-electron chi connectivity index (χ1n) is 8.93. The smallest absolute Gasteiger partial charge is 0.306 e. The van der Waals surface area contributed by atoms with Gasteiger partial charge in [0.05, 0.1) is 30.5 Å². The number of aromatic nitrogens is 1. The number of hydrogen-bond donors (Lipinski definition) is 0. The van der Waals surface area contributed by atoms with Gasteiger partial charge in [-0.3, -0.25) is 4.79 Å². The number of esters is 1. The second-order valence-corrected chi connectivity index (χ2v) is 6.74. The lowest BCUT2D eigenvalue weighted by molar-refractivity contribution is -0.145. The quantitative estimate of drug-likeness (QED) is 0.529. The molecule has 0 amide bonds. The van der Waals surface area contributed by atoms with Crippen molar-refractivity contribution in [3.63, 3.8) is 0 Å². The molecule has 0 atom stereocenters. The molecule has 0 aliphatic heterocycles. The molecule has 1 heterocycles. The predicted octanol–water partition coefficient (Wildman–Crippen LogP) is 4.89. The van der Waals surface area contributed by atoms with Crippen LogP contribution in [0.25, 0.3) is 10.9 Å². The molecule has 5 nitrogen and oxygen atoms in total. The van der Waals surface area contributed by atoms with Gasteiger partial charge in [-0.15, -0.1) is 0 Å². The zero-order chi connectivity index (χ0) is 20.1. The van der Waals surface area contributed by atoms with Gasteiger partial charge in [-0.2, -0.15) is 0 Å². The van der Waals surface area contributed by atoms with E-state index in [1.165, 1.54) is 0 Å². The zero-order valence-corrected chi connectivity index (χ0v) is 16.9. The number of nitrogens with zero attached hydrogens (tertiary/aromatic N) is 1. The summed E-state index contributed by atoms with van der Waals surface area (Å²) >= 11 is 6.41. The van der Waals surface area contributed by atoms with Crippen LogP contribution in [0.1, 0.15) is 23.2 Å². The van der Waals surface area contributed by atoms with Crippen LogP contribution in [-0.4, -0.2) is 25.2 Å². The first-order chi connectivity index (χ1) is 13.5. The van der Waals surface area contributed by atoms with Crippen molar-refractivity contribution in [3.8, 4) is 11.5 Å². The molecule has 0 bridgehead atoms. The summed E-state index contributed by atoms with van der Waals surface area (Å²) in [6, 6.07) is 13.3. The molecule has 1 aromatic heterocycles. The third kappa shape index (κ3) is 4.37. The largest absolute Gasteiger partial charge is 0.493 e. The highest BCUT2D eigenvalue weighted by atomic mass is 35.5. The Hall–Kier alpha value is -2.79. The summed E-state index contributed by atoms with van der Waals surface area (Å²) in [5, 5.41) is 1.53. The molecule has 3 aromatic rings. The average molecular weight is 400 g/mol. The minimum atomic E-state index is -0.307. The number of carbonyl (C=O) groups is 1. The number of methoxy groups -OCH3 is 2. The summed E-state index contributed by atoms with van der Waals surface area (Å²) in [5.74, 6) is 0.982. The maximum Gasteiger partial charge on any atom is 0.306 e. The van der Waals surface area contributed by atoms with Gasteiger partial charge in [0.15, 0.2) is 11.5 Å². The first-order valence-corrected chi connectivity index (χ1v) is 9.31. The molecule has 0 N–H and O–H groups in total. The van der Waals surface area contributed by atoms with Crippen molar-refractivity contribution in [3.05, 3.63) is 64.3 Å². The van der Waals surface area contributed by atoms with Crippen molar-refractivity contribution in [2.24, 2.45) is 0 Å². The molecule has 0 radical (unpaired) electrons.